The fourth-order valence-corrected chi connectivity index (χ4v) is 4.12. The molecule has 2 atom stereocenters. The molecule has 0 rings (SSSR count). The van der Waals surface area contributed by atoms with E-state index in [1.165, 1.54) is 25.7 Å². The van der Waals surface area contributed by atoms with E-state index in [1.54, 1.807) is 0 Å². The Labute approximate surface area is 227 Å². The number of amides is 2. The van der Waals surface area contributed by atoms with Crippen LogP contribution in [-0.4, -0.2) is 58.9 Å². The van der Waals surface area contributed by atoms with Gasteiger partial charge in [0.2, 0.25) is 11.8 Å². The van der Waals surface area contributed by atoms with Crippen LogP contribution in [0.4, 0.5) is 0 Å². The van der Waals surface area contributed by atoms with Crippen LogP contribution in [0.15, 0.2) is 0 Å². The zero-order valence-corrected chi connectivity index (χ0v) is 22.9. The van der Waals surface area contributed by atoms with Gasteiger partial charge in [-0.2, -0.15) is 0 Å². The Bertz CT molecular complexity index is 676. The third-order valence-electron chi connectivity index (χ3n) is 6.48. The average molecular weight is 543 g/mol. The van der Waals surface area contributed by atoms with E-state index in [0.717, 1.165) is 51.2 Å². The Morgan fingerprint density at radius 1 is 0.658 bits per heavy atom. The first-order valence-corrected chi connectivity index (χ1v) is 14.2. The number of carbonyl (C=O) groups excluding carboxylic acids is 3. The first-order valence-electron chi connectivity index (χ1n) is 14.2. The van der Waals surface area contributed by atoms with E-state index in [1.807, 2.05) is 0 Å². The lowest BCUT2D eigenvalue weighted by atomic mass is 10.0. The van der Waals surface area contributed by atoms with Crippen molar-refractivity contribution < 1.29 is 34.2 Å². The minimum atomic E-state index is -1.15. The molecule has 11 nitrogen and oxygen atoms in total. The first-order chi connectivity index (χ1) is 18.3. The summed E-state index contributed by atoms with van der Waals surface area (Å²) in [4.78, 5) is 56.7. The first kappa shape index (κ1) is 35.5. The molecule has 0 aliphatic carbocycles. The van der Waals surface area contributed by atoms with Crippen molar-refractivity contribution in [1.82, 2.24) is 16.1 Å². The normalized spacial score (nSPS) is 12.4. The number of hydrogen-bond donors (Lipinski definition) is 6. The molecule has 0 aliphatic rings. The summed E-state index contributed by atoms with van der Waals surface area (Å²) in [6.45, 7) is 0.426. The van der Waals surface area contributed by atoms with Gasteiger partial charge in [0.05, 0.1) is 6.04 Å². The van der Waals surface area contributed by atoms with Gasteiger partial charge in [0.15, 0.2) is 0 Å². The molecule has 0 spiro atoms. The minimum Gasteiger partial charge on any atom is -0.481 e. The highest BCUT2D eigenvalue weighted by Crippen LogP contribution is 2.13. The maximum Gasteiger partial charge on any atom is 0.326 e. The highest BCUT2D eigenvalue weighted by Gasteiger charge is 2.20. The molecule has 0 bridgehead atoms. The topological polar surface area (TPSA) is 188 Å². The molecule has 0 aromatic heterocycles. The molecule has 0 saturated heterocycles. The summed E-state index contributed by atoms with van der Waals surface area (Å²) in [6.07, 6.45) is 15.8. The summed E-state index contributed by atoms with van der Waals surface area (Å²) >= 11 is 0. The molecule has 11 heteroatoms. The quantitative estimate of drug-likeness (QED) is 0.0392. The van der Waals surface area contributed by atoms with E-state index in [2.05, 4.69) is 16.1 Å². The van der Waals surface area contributed by atoms with Crippen molar-refractivity contribution >= 4 is 30.0 Å². The number of nitrogens with two attached hydrogens (primary N) is 1. The lowest BCUT2D eigenvalue weighted by Gasteiger charge is -2.14. The second kappa shape index (κ2) is 24.8. The van der Waals surface area contributed by atoms with Gasteiger partial charge in [0.25, 0.3) is 0 Å². The van der Waals surface area contributed by atoms with Gasteiger partial charge < -0.3 is 25.6 Å². The Morgan fingerprint density at radius 2 is 1.18 bits per heavy atom. The summed E-state index contributed by atoms with van der Waals surface area (Å²) in [6, 6.07) is -1.49. The van der Waals surface area contributed by atoms with Gasteiger partial charge in [-0.3, -0.25) is 25.7 Å². The number of carbonyl (C=O) groups is 5. The summed E-state index contributed by atoms with van der Waals surface area (Å²) in [5.74, 6) is 2.77. The Kier molecular flexibility index (Phi) is 23.1. The number of aliphatic carboxylic acids is 2. The fraction of sp³-hybridized carbons (Fsp3) is 0.815. The van der Waals surface area contributed by atoms with Crippen molar-refractivity contribution in [3.8, 4) is 0 Å². The van der Waals surface area contributed by atoms with Crippen molar-refractivity contribution in [2.75, 3.05) is 6.54 Å². The Morgan fingerprint density at radius 3 is 1.66 bits per heavy atom. The summed E-state index contributed by atoms with van der Waals surface area (Å²) in [5, 5.41) is 23.2. The zero-order chi connectivity index (χ0) is 28.4. The lowest BCUT2D eigenvalue weighted by Crippen LogP contribution is -2.41. The van der Waals surface area contributed by atoms with E-state index < -0.39 is 24.0 Å². The van der Waals surface area contributed by atoms with Gasteiger partial charge in [-0.25, -0.2) is 4.79 Å². The Balaban J connectivity index is 3.75. The number of nitrogens with one attached hydrogen (secondary N) is 3. The van der Waals surface area contributed by atoms with Crippen LogP contribution in [0.1, 0.15) is 122 Å². The van der Waals surface area contributed by atoms with Crippen molar-refractivity contribution in [2.45, 2.75) is 134 Å². The number of hydrazine groups is 1. The number of carboxylic acids is 2. The lowest BCUT2D eigenvalue weighted by molar-refractivity contribution is -0.142. The average Bonchev–Trinajstić information content (AvgIpc) is 2.88. The van der Waals surface area contributed by atoms with Crippen LogP contribution < -0.4 is 21.9 Å². The minimum absolute atomic E-state index is 0.00326. The summed E-state index contributed by atoms with van der Waals surface area (Å²) in [7, 11) is 0. The third kappa shape index (κ3) is 22.7. The van der Waals surface area contributed by atoms with Gasteiger partial charge >= 0.3 is 11.9 Å². The Hall–Kier alpha value is -2.53. The number of hydrogen-bond acceptors (Lipinski definition) is 7. The van der Waals surface area contributed by atoms with E-state index in [4.69, 9.17) is 10.9 Å². The molecule has 220 valence electrons. The van der Waals surface area contributed by atoms with E-state index in [-0.39, 0.29) is 37.5 Å². The largest absolute Gasteiger partial charge is 0.481 e. The van der Waals surface area contributed by atoms with Gasteiger partial charge in [-0.1, -0.05) is 64.2 Å². The van der Waals surface area contributed by atoms with Gasteiger partial charge in [-0.15, -0.1) is 0 Å². The van der Waals surface area contributed by atoms with Gasteiger partial charge in [0.1, 0.15) is 12.3 Å². The predicted molar refractivity (Wildman–Crippen MR) is 145 cm³/mol. The number of rotatable bonds is 27. The summed E-state index contributed by atoms with van der Waals surface area (Å²) < 4.78 is 0. The van der Waals surface area contributed by atoms with Crippen LogP contribution in [-0.2, 0) is 24.0 Å². The van der Waals surface area contributed by atoms with Crippen molar-refractivity contribution in [3.63, 3.8) is 0 Å². The van der Waals surface area contributed by atoms with Crippen LogP contribution in [0.2, 0.25) is 0 Å². The number of aldehydes is 1. The molecule has 7 N–H and O–H groups in total. The standard InChI is InChI=1S/C27H50N4O7/c28-31-22(21-32)15-13-14-20-29-24(33)19-18-23(27(37)38)30-25(34)16-11-9-7-5-3-1-2-4-6-8-10-12-17-26(35)36/h21-23,31H,1-20,28H2,(H,29,33)(H,30,34)(H,35,36)(H,37,38)/t22-,23-/m0/s1. The smallest absolute Gasteiger partial charge is 0.326 e. The number of unbranched alkanes of at least 4 members (excludes halogenated alkanes) is 12. The molecule has 2 amide bonds. The summed E-state index contributed by atoms with van der Waals surface area (Å²) in [5.41, 5.74) is 2.39. The van der Waals surface area contributed by atoms with Gasteiger partial charge in [-0.05, 0) is 38.5 Å². The highest BCUT2D eigenvalue weighted by molar-refractivity contribution is 5.84. The molecule has 0 unspecified atom stereocenters. The molecular weight excluding hydrogens is 492 g/mol. The molecule has 0 saturated carbocycles. The maximum atomic E-state index is 12.1. The highest BCUT2D eigenvalue weighted by atomic mass is 16.4. The monoisotopic (exact) mass is 542 g/mol. The van der Waals surface area contributed by atoms with Crippen LogP contribution in [0.25, 0.3) is 0 Å². The molecular formula is C27H50N4O7. The number of carboxylic acid groups (broad SMARTS) is 2. The van der Waals surface area contributed by atoms with E-state index in [9.17, 15) is 29.1 Å². The van der Waals surface area contributed by atoms with Crippen LogP contribution in [0.5, 0.6) is 0 Å². The molecule has 38 heavy (non-hydrogen) atoms. The molecule has 0 radical (unpaired) electrons. The maximum absolute atomic E-state index is 12.1. The zero-order valence-electron chi connectivity index (χ0n) is 22.9. The molecule has 0 aromatic rings. The molecule has 0 aliphatic heterocycles. The van der Waals surface area contributed by atoms with Crippen LogP contribution in [0, 0.1) is 0 Å². The predicted octanol–water partition coefficient (Wildman–Crippen LogP) is 3.20. The van der Waals surface area contributed by atoms with Crippen LogP contribution in [0.3, 0.4) is 0 Å². The fourth-order valence-electron chi connectivity index (χ4n) is 4.12. The van der Waals surface area contributed by atoms with E-state index in [0.29, 0.717) is 32.2 Å². The second-order valence-corrected chi connectivity index (χ2v) is 9.89. The third-order valence-corrected chi connectivity index (χ3v) is 6.48. The second-order valence-electron chi connectivity index (χ2n) is 9.89. The van der Waals surface area contributed by atoms with Crippen LogP contribution >= 0.6 is 0 Å². The van der Waals surface area contributed by atoms with E-state index >= 15 is 0 Å². The van der Waals surface area contributed by atoms with Gasteiger partial charge in [0, 0.05) is 25.8 Å². The van der Waals surface area contributed by atoms with Crippen molar-refractivity contribution in [1.29, 1.82) is 0 Å². The SMILES string of the molecule is NN[C@H](C=O)CCCCNC(=O)CC[C@H](NC(=O)CCCCCCCCCCCCCCC(=O)O)C(=O)O. The van der Waals surface area contributed by atoms with Crippen molar-refractivity contribution in [3.05, 3.63) is 0 Å². The molecule has 0 heterocycles. The molecule has 0 aromatic carbocycles. The van der Waals surface area contributed by atoms with Crippen molar-refractivity contribution in [2.24, 2.45) is 5.84 Å². The molecule has 0 fully saturated rings.